The molecule has 0 saturated heterocycles. The molecule has 3 rings (SSSR count). The van der Waals surface area contributed by atoms with Crippen LogP contribution in [-0.2, 0) is 0 Å². The van der Waals surface area contributed by atoms with E-state index in [1.54, 1.807) is 6.07 Å². The molecule has 1 aromatic heterocycles. The minimum absolute atomic E-state index is 0.353. The van der Waals surface area contributed by atoms with Crippen molar-refractivity contribution in [2.75, 3.05) is 5.73 Å². The zero-order valence-electron chi connectivity index (χ0n) is 11.1. The van der Waals surface area contributed by atoms with Gasteiger partial charge in [0.1, 0.15) is 5.82 Å². The standard InChI is InChI=1S/C14H11ClFN5/c1-8-10(3-2-4-12(8)17)14-18-19-20-21(14)13-7-9(16)5-6-11(13)15/h2-7H,17H2,1H3. The fourth-order valence-corrected chi connectivity index (χ4v) is 2.26. The Hall–Kier alpha value is -2.47. The molecule has 5 nitrogen and oxygen atoms in total. The lowest BCUT2D eigenvalue weighted by atomic mass is 10.1. The number of anilines is 1. The summed E-state index contributed by atoms with van der Waals surface area (Å²) in [5.74, 6) is 0.0347. The number of halogens is 2. The quantitative estimate of drug-likeness (QED) is 0.739. The molecule has 0 aliphatic carbocycles. The van der Waals surface area contributed by atoms with Crippen molar-refractivity contribution in [2.45, 2.75) is 6.92 Å². The summed E-state index contributed by atoms with van der Waals surface area (Å²) >= 11 is 6.11. The first-order valence-electron chi connectivity index (χ1n) is 6.17. The minimum Gasteiger partial charge on any atom is -0.398 e. The van der Waals surface area contributed by atoms with Crippen molar-refractivity contribution in [1.82, 2.24) is 20.2 Å². The van der Waals surface area contributed by atoms with Crippen LogP contribution in [0.15, 0.2) is 36.4 Å². The van der Waals surface area contributed by atoms with E-state index in [9.17, 15) is 4.39 Å². The van der Waals surface area contributed by atoms with Crippen molar-refractivity contribution in [2.24, 2.45) is 0 Å². The summed E-state index contributed by atoms with van der Waals surface area (Å²) in [6.45, 7) is 1.87. The SMILES string of the molecule is Cc1c(N)cccc1-c1nnnn1-c1cc(F)ccc1Cl. The fourth-order valence-electron chi connectivity index (χ4n) is 2.06. The third-order valence-corrected chi connectivity index (χ3v) is 3.54. The zero-order chi connectivity index (χ0) is 15.0. The van der Waals surface area contributed by atoms with Crippen LogP contribution < -0.4 is 5.73 Å². The summed E-state index contributed by atoms with van der Waals surface area (Å²) in [4.78, 5) is 0. The number of nitrogens with zero attached hydrogens (tertiary/aromatic N) is 4. The topological polar surface area (TPSA) is 69.6 Å². The van der Waals surface area contributed by atoms with Gasteiger partial charge in [-0.15, -0.1) is 5.10 Å². The van der Waals surface area contributed by atoms with E-state index in [2.05, 4.69) is 15.5 Å². The second-order valence-corrected chi connectivity index (χ2v) is 4.94. The molecule has 3 aromatic rings. The summed E-state index contributed by atoms with van der Waals surface area (Å²) < 4.78 is 14.9. The van der Waals surface area contributed by atoms with Crippen LogP contribution in [0.25, 0.3) is 17.1 Å². The Morgan fingerprint density at radius 1 is 1.24 bits per heavy atom. The Morgan fingerprint density at radius 2 is 2.05 bits per heavy atom. The van der Waals surface area contributed by atoms with Crippen molar-refractivity contribution in [3.8, 4) is 17.1 Å². The molecule has 0 saturated carbocycles. The minimum atomic E-state index is -0.417. The molecule has 21 heavy (non-hydrogen) atoms. The zero-order valence-corrected chi connectivity index (χ0v) is 11.8. The van der Waals surface area contributed by atoms with E-state index in [0.717, 1.165) is 11.1 Å². The predicted molar refractivity (Wildman–Crippen MR) is 78.7 cm³/mol. The molecule has 0 radical (unpaired) electrons. The van der Waals surface area contributed by atoms with Gasteiger partial charge < -0.3 is 5.73 Å². The van der Waals surface area contributed by atoms with Crippen LogP contribution in [-0.4, -0.2) is 20.2 Å². The average Bonchev–Trinajstić information content (AvgIpc) is 2.93. The highest BCUT2D eigenvalue weighted by atomic mass is 35.5. The molecule has 0 aliphatic heterocycles. The maximum absolute atomic E-state index is 13.5. The van der Waals surface area contributed by atoms with Crippen LogP contribution in [0.5, 0.6) is 0 Å². The molecule has 0 unspecified atom stereocenters. The third-order valence-electron chi connectivity index (χ3n) is 3.22. The predicted octanol–water partition coefficient (Wildman–Crippen LogP) is 3.01. The number of hydrogen-bond donors (Lipinski definition) is 1. The molecular formula is C14H11ClFN5. The molecule has 7 heteroatoms. The lowest BCUT2D eigenvalue weighted by Crippen LogP contribution is -2.03. The Bertz CT molecular complexity index is 798. The van der Waals surface area contributed by atoms with E-state index in [1.165, 1.54) is 22.9 Å². The van der Waals surface area contributed by atoms with Gasteiger partial charge in [0, 0.05) is 17.3 Å². The van der Waals surface area contributed by atoms with E-state index in [4.69, 9.17) is 17.3 Å². The molecule has 2 aromatic carbocycles. The highest BCUT2D eigenvalue weighted by Crippen LogP contribution is 2.29. The average molecular weight is 304 g/mol. The van der Waals surface area contributed by atoms with Gasteiger partial charge in [0.15, 0.2) is 5.82 Å². The summed E-state index contributed by atoms with van der Waals surface area (Å²) in [5.41, 5.74) is 8.52. The maximum Gasteiger partial charge on any atom is 0.187 e. The first kappa shape index (κ1) is 13.5. The van der Waals surface area contributed by atoms with Gasteiger partial charge in [-0.2, -0.15) is 4.68 Å². The summed E-state index contributed by atoms with van der Waals surface area (Å²) in [6.07, 6.45) is 0. The van der Waals surface area contributed by atoms with Crippen LogP contribution in [0, 0.1) is 12.7 Å². The number of nitrogen functional groups attached to an aromatic ring is 1. The smallest absolute Gasteiger partial charge is 0.187 e. The molecule has 2 N–H and O–H groups in total. The third kappa shape index (κ3) is 2.34. The molecule has 0 aliphatic rings. The number of tetrazole rings is 1. The number of benzene rings is 2. The number of rotatable bonds is 2. The van der Waals surface area contributed by atoms with Gasteiger partial charge in [-0.1, -0.05) is 23.7 Å². The fraction of sp³-hybridized carbons (Fsp3) is 0.0714. The van der Waals surface area contributed by atoms with Crippen molar-refractivity contribution in [3.63, 3.8) is 0 Å². The monoisotopic (exact) mass is 303 g/mol. The van der Waals surface area contributed by atoms with Gasteiger partial charge in [-0.05, 0) is 41.1 Å². The second kappa shape index (κ2) is 5.14. The molecule has 0 atom stereocenters. The molecule has 0 bridgehead atoms. The van der Waals surface area contributed by atoms with Gasteiger partial charge >= 0.3 is 0 Å². The van der Waals surface area contributed by atoms with Crippen molar-refractivity contribution < 1.29 is 4.39 Å². The second-order valence-electron chi connectivity index (χ2n) is 4.53. The van der Waals surface area contributed by atoms with Crippen LogP contribution in [0.4, 0.5) is 10.1 Å². The Kier molecular flexibility index (Phi) is 3.31. The van der Waals surface area contributed by atoms with Crippen molar-refractivity contribution in [3.05, 3.63) is 52.8 Å². The normalized spacial score (nSPS) is 10.8. The maximum atomic E-state index is 13.5. The summed E-state index contributed by atoms with van der Waals surface area (Å²) in [6, 6.07) is 9.47. The van der Waals surface area contributed by atoms with E-state index < -0.39 is 5.82 Å². The molecule has 0 fully saturated rings. The Labute approximate surface area is 125 Å². The van der Waals surface area contributed by atoms with Crippen LogP contribution in [0.2, 0.25) is 5.02 Å². The van der Waals surface area contributed by atoms with E-state index in [0.29, 0.717) is 22.2 Å². The van der Waals surface area contributed by atoms with E-state index in [-0.39, 0.29) is 0 Å². The van der Waals surface area contributed by atoms with Crippen molar-refractivity contribution >= 4 is 17.3 Å². The van der Waals surface area contributed by atoms with Gasteiger partial charge in [0.05, 0.1) is 10.7 Å². The first-order valence-corrected chi connectivity index (χ1v) is 6.55. The van der Waals surface area contributed by atoms with Crippen LogP contribution in [0.1, 0.15) is 5.56 Å². The van der Waals surface area contributed by atoms with Gasteiger partial charge in [0.25, 0.3) is 0 Å². The van der Waals surface area contributed by atoms with Gasteiger partial charge in [0.2, 0.25) is 0 Å². The Balaban J connectivity index is 2.22. The van der Waals surface area contributed by atoms with E-state index in [1.807, 2.05) is 19.1 Å². The Morgan fingerprint density at radius 3 is 2.86 bits per heavy atom. The molecule has 0 spiro atoms. The van der Waals surface area contributed by atoms with Gasteiger partial charge in [-0.3, -0.25) is 0 Å². The number of aromatic nitrogens is 4. The lowest BCUT2D eigenvalue weighted by Gasteiger charge is -2.10. The van der Waals surface area contributed by atoms with Crippen molar-refractivity contribution in [1.29, 1.82) is 0 Å². The highest BCUT2D eigenvalue weighted by Gasteiger charge is 2.16. The molecular weight excluding hydrogens is 293 g/mol. The van der Waals surface area contributed by atoms with Gasteiger partial charge in [-0.25, -0.2) is 4.39 Å². The molecule has 0 amide bonds. The summed E-state index contributed by atoms with van der Waals surface area (Å²) in [5, 5.41) is 11.9. The highest BCUT2D eigenvalue weighted by molar-refractivity contribution is 6.32. The first-order chi connectivity index (χ1) is 10.1. The largest absolute Gasteiger partial charge is 0.398 e. The molecule has 106 valence electrons. The van der Waals surface area contributed by atoms with E-state index >= 15 is 0 Å². The van der Waals surface area contributed by atoms with Crippen LogP contribution in [0.3, 0.4) is 0 Å². The summed E-state index contributed by atoms with van der Waals surface area (Å²) in [7, 11) is 0. The lowest BCUT2D eigenvalue weighted by molar-refractivity contribution is 0.625. The molecule has 1 heterocycles. The number of hydrogen-bond acceptors (Lipinski definition) is 4. The van der Waals surface area contributed by atoms with Crippen LogP contribution >= 0.6 is 11.6 Å². The number of nitrogens with two attached hydrogens (primary N) is 1.